The van der Waals surface area contributed by atoms with Crippen molar-refractivity contribution in [3.63, 3.8) is 0 Å². The van der Waals surface area contributed by atoms with Gasteiger partial charge in [-0.1, -0.05) is 0 Å². The first-order valence-electron chi connectivity index (χ1n) is 9.19. The maximum absolute atomic E-state index is 11.4. The van der Waals surface area contributed by atoms with Gasteiger partial charge in [-0.25, -0.2) is 9.78 Å². The van der Waals surface area contributed by atoms with E-state index in [0.29, 0.717) is 24.7 Å². The number of carbonyl (C=O) groups excluding carboxylic acids is 1. The predicted molar refractivity (Wildman–Crippen MR) is 112 cm³/mol. The zero-order valence-corrected chi connectivity index (χ0v) is 17.5. The Morgan fingerprint density at radius 3 is 2.52 bits per heavy atom. The average molecular weight is 413 g/mol. The van der Waals surface area contributed by atoms with E-state index in [2.05, 4.69) is 4.98 Å². The topological polar surface area (TPSA) is 66.9 Å². The zero-order valence-electron chi connectivity index (χ0n) is 16.6. The van der Waals surface area contributed by atoms with Crippen molar-refractivity contribution in [3.05, 3.63) is 58.4 Å². The third-order valence-electron chi connectivity index (χ3n) is 4.10. The van der Waals surface area contributed by atoms with Crippen LogP contribution >= 0.6 is 11.3 Å². The Labute approximate surface area is 174 Å². The van der Waals surface area contributed by atoms with E-state index in [1.165, 1.54) is 0 Å². The Bertz CT molecular complexity index is 952. The number of aryl methyl sites for hydroxylation is 1. The Balaban J connectivity index is 1.56. The number of carbonyl (C=O) groups is 1. The minimum atomic E-state index is -0.385. The summed E-state index contributed by atoms with van der Waals surface area (Å²) >= 11 is 1.55. The lowest BCUT2D eigenvalue weighted by molar-refractivity contribution is -0.145. The first-order valence-corrected chi connectivity index (χ1v) is 10.1. The molecule has 6 nitrogen and oxygen atoms in total. The number of ether oxygens (including phenoxy) is 4. The molecule has 7 heteroatoms. The maximum atomic E-state index is 11.4. The van der Waals surface area contributed by atoms with Crippen molar-refractivity contribution in [1.82, 2.24) is 4.98 Å². The molecular weight excluding hydrogens is 390 g/mol. The quantitative estimate of drug-likeness (QED) is 0.476. The Morgan fingerprint density at radius 2 is 1.83 bits per heavy atom. The van der Waals surface area contributed by atoms with Crippen molar-refractivity contribution in [2.45, 2.75) is 20.5 Å². The highest BCUT2D eigenvalue weighted by Crippen LogP contribution is 2.27. The van der Waals surface area contributed by atoms with Gasteiger partial charge >= 0.3 is 5.97 Å². The van der Waals surface area contributed by atoms with Crippen LogP contribution in [0.2, 0.25) is 0 Å². The number of hydrogen-bond donors (Lipinski definition) is 0. The minimum absolute atomic E-state index is 0.109. The Kier molecular flexibility index (Phi) is 7.08. The summed E-state index contributed by atoms with van der Waals surface area (Å²) in [5.74, 6) is 1.77. The molecule has 0 atom stereocenters. The number of hydrogen-bond acceptors (Lipinski definition) is 7. The molecule has 0 saturated heterocycles. The summed E-state index contributed by atoms with van der Waals surface area (Å²) in [4.78, 5) is 16.0. The number of thiazole rings is 1. The number of benzene rings is 2. The summed E-state index contributed by atoms with van der Waals surface area (Å²) in [7, 11) is 1.65. The molecule has 1 aromatic heterocycles. The smallest absolute Gasteiger partial charge is 0.344 e. The van der Waals surface area contributed by atoms with Gasteiger partial charge in [-0.3, -0.25) is 0 Å². The third kappa shape index (κ3) is 5.71. The van der Waals surface area contributed by atoms with E-state index in [1.807, 2.05) is 48.7 Å². The van der Waals surface area contributed by atoms with Crippen LogP contribution in [0.25, 0.3) is 11.3 Å². The lowest BCUT2D eigenvalue weighted by Gasteiger charge is -2.10. The van der Waals surface area contributed by atoms with Crippen LogP contribution in [0.15, 0.2) is 47.8 Å². The van der Waals surface area contributed by atoms with Gasteiger partial charge < -0.3 is 18.9 Å². The van der Waals surface area contributed by atoms with Gasteiger partial charge in [0.2, 0.25) is 0 Å². The third-order valence-corrected chi connectivity index (χ3v) is 4.92. The molecule has 0 unspecified atom stereocenters. The van der Waals surface area contributed by atoms with Crippen molar-refractivity contribution in [3.8, 4) is 28.5 Å². The molecule has 3 aromatic rings. The highest BCUT2D eigenvalue weighted by Gasteiger charge is 2.09. The van der Waals surface area contributed by atoms with Crippen LogP contribution in [0.3, 0.4) is 0 Å². The number of aromatic nitrogens is 1. The van der Waals surface area contributed by atoms with Crippen molar-refractivity contribution in [2.75, 3.05) is 20.3 Å². The normalized spacial score (nSPS) is 10.4. The summed E-state index contributed by atoms with van der Waals surface area (Å²) in [6, 6.07) is 13.3. The largest absolute Gasteiger partial charge is 0.497 e. The predicted octanol–water partition coefficient (Wildman–Crippen LogP) is 4.65. The SMILES string of the molecule is CCOC(=O)COc1ccc(OCc2nc(-c3ccc(OC)cc3)cs2)cc1C. The summed E-state index contributed by atoms with van der Waals surface area (Å²) < 4.78 is 21.4. The van der Waals surface area contributed by atoms with E-state index in [-0.39, 0.29) is 12.6 Å². The molecule has 0 fully saturated rings. The molecule has 29 heavy (non-hydrogen) atoms. The van der Waals surface area contributed by atoms with E-state index in [1.54, 1.807) is 31.4 Å². The van der Waals surface area contributed by atoms with E-state index in [4.69, 9.17) is 18.9 Å². The van der Waals surface area contributed by atoms with Crippen molar-refractivity contribution in [1.29, 1.82) is 0 Å². The first-order chi connectivity index (χ1) is 14.1. The van der Waals surface area contributed by atoms with Gasteiger partial charge in [-0.05, 0) is 61.9 Å². The number of rotatable bonds is 9. The van der Waals surface area contributed by atoms with Crippen LogP contribution in [0, 0.1) is 6.92 Å². The van der Waals surface area contributed by atoms with Gasteiger partial charge in [0.25, 0.3) is 0 Å². The fourth-order valence-electron chi connectivity index (χ4n) is 2.63. The molecule has 0 aliphatic carbocycles. The Hall–Kier alpha value is -3.06. The molecule has 1 heterocycles. The highest BCUT2D eigenvalue weighted by molar-refractivity contribution is 7.09. The van der Waals surface area contributed by atoms with E-state index in [0.717, 1.165) is 27.6 Å². The van der Waals surface area contributed by atoms with Gasteiger partial charge in [-0.2, -0.15) is 0 Å². The number of methoxy groups -OCH3 is 1. The van der Waals surface area contributed by atoms with Crippen LogP contribution in [-0.2, 0) is 16.1 Å². The first kappa shape index (κ1) is 20.7. The lowest BCUT2D eigenvalue weighted by Crippen LogP contribution is -2.14. The van der Waals surface area contributed by atoms with E-state index < -0.39 is 0 Å². The molecule has 0 aliphatic rings. The second kappa shape index (κ2) is 9.93. The second-order valence-electron chi connectivity index (χ2n) is 6.16. The molecular formula is C22H23NO5S. The number of nitrogens with zero attached hydrogens (tertiary/aromatic N) is 1. The van der Waals surface area contributed by atoms with E-state index in [9.17, 15) is 4.79 Å². The molecule has 3 rings (SSSR count). The number of esters is 1. The molecule has 0 radical (unpaired) electrons. The maximum Gasteiger partial charge on any atom is 0.344 e. The molecule has 0 spiro atoms. The zero-order chi connectivity index (χ0) is 20.6. The molecule has 2 aromatic carbocycles. The lowest BCUT2D eigenvalue weighted by atomic mass is 10.2. The van der Waals surface area contributed by atoms with Crippen molar-refractivity contribution < 1.29 is 23.7 Å². The molecule has 0 N–H and O–H groups in total. The Morgan fingerprint density at radius 1 is 1.07 bits per heavy atom. The van der Waals surface area contributed by atoms with Crippen molar-refractivity contribution in [2.24, 2.45) is 0 Å². The monoisotopic (exact) mass is 413 g/mol. The fraction of sp³-hybridized carbons (Fsp3) is 0.273. The highest BCUT2D eigenvalue weighted by atomic mass is 32.1. The van der Waals surface area contributed by atoms with Crippen molar-refractivity contribution >= 4 is 17.3 Å². The summed E-state index contributed by atoms with van der Waals surface area (Å²) in [6.45, 7) is 4.27. The molecule has 152 valence electrons. The summed E-state index contributed by atoms with van der Waals surface area (Å²) in [6.07, 6.45) is 0. The van der Waals surface area contributed by atoms with Gasteiger partial charge in [0.15, 0.2) is 6.61 Å². The molecule has 0 amide bonds. The fourth-order valence-corrected chi connectivity index (χ4v) is 3.34. The van der Waals surface area contributed by atoms with Crippen LogP contribution in [0.5, 0.6) is 17.2 Å². The molecule has 0 aliphatic heterocycles. The van der Waals surface area contributed by atoms with Crippen LogP contribution in [0.1, 0.15) is 17.5 Å². The van der Waals surface area contributed by atoms with Gasteiger partial charge in [0, 0.05) is 10.9 Å². The van der Waals surface area contributed by atoms with Gasteiger partial charge in [0.1, 0.15) is 28.9 Å². The summed E-state index contributed by atoms with van der Waals surface area (Å²) in [5.41, 5.74) is 2.83. The molecule has 0 saturated carbocycles. The van der Waals surface area contributed by atoms with Crippen LogP contribution in [-0.4, -0.2) is 31.3 Å². The summed E-state index contributed by atoms with van der Waals surface area (Å²) in [5, 5.41) is 2.90. The van der Waals surface area contributed by atoms with Crippen LogP contribution in [0.4, 0.5) is 0 Å². The van der Waals surface area contributed by atoms with Gasteiger partial charge in [0.05, 0.1) is 19.4 Å². The van der Waals surface area contributed by atoms with Crippen LogP contribution < -0.4 is 14.2 Å². The minimum Gasteiger partial charge on any atom is -0.497 e. The van der Waals surface area contributed by atoms with Gasteiger partial charge in [-0.15, -0.1) is 11.3 Å². The van der Waals surface area contributed by atoms with E-state index >= 15 is 0 Å². The average Bonchev–Trinajstić information content (AvgIpc) is 3.21. The second-order valence-corrected chi connectivity index (χ2v) is 7.11. The standard InChI is InChI=1S/C22H23NO5S/c1-4-26-22(24)13-28-20-10-9-18(11-15(20)2)27-12-21-23-19(14-29-21)16-5-7-17(25-3)8-6-16/h5-11,14H,4,12-13H2,1-3H3. The molecule has 0 bridgehead atoms.